The van der Waals surface area contributed by atoms with Crippen LogP contribution in [-0.4, -0.2) is 23.9 Å². The second kappa shape index (κ2) is 4.14. The largest absolute Gasteiger partial charge is 0.447 e. The molecule has 0 bridgehead atoms. The van der Waals surface area contributed by atoms with Crippen LogP contribution < -0.4 is 5.73 Å². The van der Waals surface area contributed by atoms with Gasteiger partial charge >= 0.3 is 6.09 Å². The van der Waals surface area contributed by atoms with Crippen molar-refractivity contribution in [3.05, 3.63) is 0 Å². The molecule has 0 rings (SSSR count). The van der Waals surface area contributed by atoms with E-state index in [9.17, 15) is 4.79 Å². The van der Waals surface area contributed by atoms with Gasteiger partial charge in [-0.15, -0.1) is 0 Å². The van der Waals surface area contributed by atoms with Crippen LogP contribution >= 0.6 is 0 Å². The van der Waals surface area contributed by atoms with Gasteiger partial charge in [0.1, 0.15) is 6.61 Å². The number of amides is 1. The summed E-state index contributed by atoms with van der Waals surface area (Å²) in [6, 6.07) is 0. The van der Waals surface area contributed by atoms with Crippen molar-refractivity contribution >= 4 is 6.09 Å². The molecule has 0 fully saturated rings. The molecule has 0 saturated heterocycles. The number of carbonyl (C=O) groups is 1. The molecule has 0 aliphatic heterocycles. The fourth-order valence-electron chi connectivity index (χ4n) is 0.296. The van der Waals surface area contributed by atoms with Crippen LogP contribution in [0.15, 0.2) is 0 Å². The Morgan fingerprint density at radius 2 is 2.44 bits per heavy atom. The molecule has 0 aliphatic carbocycles. The van der Waals surface area contributed by atoms with E-state index in [0.717, 1.165) is 0 Å². The average molecular weight is 133 g/mol. The summed E-state index contributed by atoms with van der Waals surface area (Å²) in [5.41, 5.74) is 4.62. The van der Waals surface area contributed by atoms with Gasteiger partial charge in [-0.05, 0) is 6.42 Å². The molecule has 0 aromatic heterocycles. The first-order valence-corrected chi connectivity index (χ1v) is 2.77. The Morgan fingerprint density at radius 3 is 2.78 bits per heavy atom. The number of ether oxygens (including phenoxy) is 1. The van der Waals surface area contributed by atoms with Crippen LogP contribution in [0.2, 0.25) is 0 Å². The minimum Gasteiger partial charge on any atom is -0.447 e. The molecule has 0 aromatic rings. The number of aliphatic hydroxyl groups excluding tert-OH is 1. The minimum absolute atomic E-state index is 0.00810. The van der Waals surface area contributed by atoms with E-state index in [0.29, 0.717) is 6.42 Å². The summed E-state index contributed by atoms with van der Waals surface area (Å²) in [4.78, 5) is 9.91. The van der Waals surface area contributed by atoms with Gasteiger partial charge in [-0.3, -0.25) is 0 Å². The predicted octanol–water partition coefficient (Wildman–Crippen LogP) is -0.147. The zero-order valence-corrected chi connectivity index (χ0v) is 5.33. The van der Waals surface area contributed by atoms with Crippen LogP contribution in [0.5, 0.6) is 0 Å². The summed E-state index contributed by atoms with van der Waals surface area (Å²) >= 11 is 0. The maximum atomic E-state index is 9.91. The molecule has 54 valence electrons. The molecular formula is C5H11NO3. The monoisotopic (exact) mass is 133 g/mol. The van der Waals surface area contributed by atoms with Crippen LogP contribution in [-0.2, 0) is 4.74 Å². The Balaban J connectivity index is 3.16. The number of aliphatic hydroxyl groups is 1. The molecule has 0 aliphatic rings. The van der Waals surface area contributed by atoms with Crippen LogP contribution in [0.1, 0.15) is 13.3 Å². The van der Waals surface area contributed by atoms with E-state index in [1.165, 1.54) is 0 Å². The van der Waals surface area contributed by atoms with Gasteiger partial charge in [-0.2, -0.15) is 0 Å². The van der Waals surface area contributed by atoms with Gasteiger partial charge < -0.3 is 15.6 Å². The molecule has 0 saturated carbocycles. The van der Waals surface area contributed by atoms with E-state index in [1.54, 1.807) is 6.92 Å². The number of hydrogen-bond acceptors (Lipinski definition) is 3. The highest BCUT2D eigenvalue weighted by Gasteiger charge is 2.01. The van der Waals surface area contributed by atoms with Crippen LogP contribution in [0.4, 0.5) is 4.79 Å². The third-order valence-electron chi connectivity index (χ3n) is 0.889. The van der Waals surface area contributed by atoms with Crippen molar-refractivity contribution in [2.45, 2.75) is 19.4 Å². The van der Waals surface area contributed by atoms with Crippen LogP contribution in [0, 0.1) is 0 Å². The SMILES string of the molecule is CC[C@H](O)COC(N)=O. The van der Waals surface area contributed by atoms with Crippen molar-refractivity contribution < 1.29 is 14.6 Å². The smallest absolute Gasteiger partial charge is 0.404 e. The zero-order chi connectivity index (χ0) is 7.28. The molecule has 0 aromatic carbocycles. The summed E-state index contributed by atoms with van der Waals surface area (Å²) in [7, 11) is 0. The zero-order valence-electron chi connectivity index (χ0n) is 5.33. The summed E-state index contributed by atoms with van der Waals surface area (Å²) in [6.45, 7) is 1.78. The molecule has 0 unspecified atom stereocenters. The summed E-state index contributed by atoms with van der Waals surface area (Å²) in [5, 5.41) is 8.77. The van der Waals surface area contributed by atoms with E-state index < -0.39 is 12.2 Å². The number of primary amides is 1. The third kappa shape index (κ3) is 5.10. The van der Waals surface area contributed by atoms with E-state index >= 15 is 0 Å². The second-order valence-corrected chi connectivity index (χ2v) is 1.69. The van der Waals surface area contributed by atoms with E-state index in [1.807, 2.05) is 0 Å². The van der Waals surface area contributed by atoms with Crippen molar-refractivity contribution in [2.24, 2.45) is 5.73 Å². The number of carbonyl (C=O) groups excluding carboxylic acids is 1. The van der Waals surface area contributed by atoms with Crippen molar-refractivity contribution in [3.63, 3.8) is 0 Å². The first-order chi connectivity index (χ1) is 4.16. The summed E-state index contributed by atoms with van der Waals surface area (Å²) in [5.74, 6) is 0. The number of nitrogens with two attached hydrogens (primary N) is 1. The number of rotatable bonds is 3. The lowest BCUT2D eigenvalue weighted by molar-refractivity contribution is 0.0709. The van der Waals surface area contributed by atoms with Crippen molar-refractivity contribution in [1.29, 1.82) is 0 Å². The van der Waals surface area contributed by atoms with E-state index in [-0.39, 0.29) is 6.61 Å². The highest BCUT2D eigenvalue weighted by atomic mass is 16.6. The van der Waals surface area contributed by atoms with Gasteiger partial charge in [-0.1, -0.05) is 6.92 Å². The quantitative estimate of drug-likeness (QED) is 0.562. The topological polar surface area (TPSA) is 72.6 Å². The molecule has 0 heterocycles. The summed E-state index contributed by atoms with van der Waals surface area (Å²) < 4.78 is 4.28. The first kappa shape index (κ1) is 8.23. The highest BCUT2D eigenvalue weighted by molar-refractivity contribution is 5.64. The van der Waals surface area contributed by atoms with Crippen molar-refractivity contribution in [1.82, 2.24) is 0 Å². The van der Waals surface area contributed by atoms with Gasteiger partial charge in [-0.25, -0.2) is 4.79 Å². The molecule has 1 amide bonds. The Hall–Kier alpha value is -0.770. The molecule has 4 nitrogen and oxygen atoms in total. The lowest BCUT2D eigenvalue weighted by atomic mass is 10.3. The van der Waals surface area contributed by atoms with Crippen LogP contribution in [0.25, 0.3) is 0 Å². The molecule has 0 radical (unpaired) electrons. The minimum atomic E-state index is -0.845. The molecule has 9 heavy (non-hydrogen) atoms. The first-order valence-electron chi connectivity index (χ1n) is 2.77. The molecule has 1 atom stereocenters. The van der Waals surface area contributed by atoms with Crippen molar-refractivity contribution in [3.8, 4) is 0 Å². The Bertz CT molecular complexity index is 94.2. The Labute approximate surface area is 53.6 Å². The van der Waals surface area contributed by atoms with Gasteiger partial charge in [0.2, 0.25) is 0 Å². The fraction of sp³-hybridized carbons (Fsp3) is 0.800. The maximum Gasteiger partial charge on any atom is 0.404 e. The average Bonchev–Trinajstić information content (AvgIpc) is 1.83. The molecule has 4 heteroatoms. The van der Waals surface area contributed by atoms with Gasteiger partial charge in [0, 0.05) is 0 Å². The molecular weight excluding hydrogens is 122 g/mol. The van der Waals surface area contributed by atoms with E-state index in [4.69, 9.17) is 5.11 Å². The molecule has 0 spiro atoms. The van der Waals surface area contributed by atoms with Gasteiger partial charge in [0.25, 0.3) is 0 Å². The molecule has 3 N–H and O–H groups in total. The lowest BCUT2D eigenvalue weighted by Crippen LogP contribution is -2.21. The van der Waals surface area contributed by atoms with Gasteiger partial charge in [0.05, 0.1) is 6.10 Å². The third-order valence-corrected chi connectivity index (χ3v) is 0.889. The standard InChI is InChI=1S/C5H11NO3/c1-2-4(7)3-9-5(6)8/h4,7H,2-3H2,1H3,(H2,6,8)/t4-/m0/s1. The maximum absolute atomic E-state index is 9.91. The Morgan fingerprint density at radius 1 is 1.89 bits per heavy atom. The number of hydrogen-bond donors (Lipinski definition) is 2. The second-order valence-electron chi connectivity index (χ2n) is 1.69. The fourth-order valence-corrected chi connectivity index (χ4v) is 0.296. The summed E-state index contributed by atoms with van der Waals surface area (Å²) in [6.07, 6.45) is -0.868. The normalized spacial score (nSPS) is 12.7. The van der Waals surface area contributed by atoms with Gasteiger partial charge in [0.15, 0.2) is 0 Å². The lowest BCUT2D eigenvalue weighted by Gasteiger charge is -2.05. The highest BCUT2D eigenvalue weighted by Crippen LogP contribution is 1.89. The van der Waals surface area contributed by atoms with Crippen LogP contribution in [0.3, 0.4) is 0 Å². The van der Waals surface area contributed by atoms with E-state index in [2.05, 4.69) is 10.5 Å². The van der Waals surface area contributed by atoms with Crippen molar-refractivity contribution in [2.75, 3.05) is 6.61 Å². The Kier molecular flexibility index (Phi) is 3.79. The predicted molar refractivity (Wildman–Crippen MR) is 31.8 cm³/mol.